The van der Waals surface area contributed by atoms with Crippen molar-refractivity contribution < 1.29 is 0 Å². The van der Waals surface area contributed by atoms with Crippen LogP contribution < -0.4 is 5.56 Å². The van der Waals surface area contributed by atoms with Crippen LogP contribution in [0.5, 0.6) is 0 Å². The summed E-state index contributed by atoms with van der Waals surface area (Å²) in [7, 11) is 0. The fourth-order valence-corrected chi connectivity index (χ4v) is 2.51. The van der Waals surface area contributed by atoms with Gasteiger partial charge in [-0.1, -0.05) is 46.6 Å². The van der Waals surface area contributed by atoms with E-state index in [0.29, 0.717) is 11.8 Å². The molecule has 0 saturated carbocycles. The van der Waals surface area contributed by atoms with Crippen LogP contribution in [0.4, 0.5) is 0 Å². The van der Waals surface area contributed by atoms with Gasteiger partial charge >= 0.3 is 0 Å². The molecule has 1 N–H and O–H groups in total. The third kappa shape index (κ3) is 3.72. The maximum Gasteiger partial charge on any atom is 0.248 e. The lowest BCUT2D eigenvalue weighted by molar-refractivity contribution is 0.604. The number of pyridine rings is 1. The van der Waals surface area contributed by atoms with Crippen molar-refractivity contribution in [3.63, 3.8) is 0 Å². The Morgan fingerprint density at radius 1 is 1.06 bits per heavy atom. The summed E-state index contributed by atoms with van der Waals surface area (Å²) in [6.45, 7) is 8.85. The number of nitrogens with one attached hydrogen (secondary N) is 1. The first-order chi connectivity index (χ1) is 8.10. The second-order valence-electron chi connectivity index (χ2n) is 5.07. The molecule has 0 bridgehead atoms. The molecule has 0 aromatic carbocycles. The number of aromatic amines is 1. The van der Waals surface area contributed by atoms with E-state index in [1.165, 1.54) is 18.4 Å². The van der Waals surface area contributed by atoms with Gasteiger partial charge in [-0.25, -0.2) is 0 Å². The second-order valence-corrected chi connectivity index (χ2v) is 5.07. The zero-order chi connectivity index (χ0) is 12.8. The summed E-state index contributed by atoms with van der Waals surface area (Å²) in [5.41, 5.74) is 2.50. The smallest absolute Gasteiger partial charge is 0.248 e. The molecule has 2 nitrogen and oxygen atoms in total. The quantitative estimate of drug-likeness (QED) is 0.788. The summed E-state index contributed by atoms with van der Waals surface area (Å²) in [5.74, 6) is 0.981. The zero-order valence-electron chi connectivity index (χ0n) is 11.5. The van der Waals surface area contributed by atoms with Crippen molar-refractivity contribution in [3.05, 3.63) is 33.7 Å². The number of hydrogen-bond acceptors (Lipinski definition) is 1. The average molecular weight is 235 g/mol. The summed E-state index contributed by atoms with van der Waals surface area (Å²) in [4.78, 5) is 14.5. The van der Waals surface area contributed by atoms with Crippen LogP contribution in [0, 0.1) is 0 Å². The van der Waals surface area contributed by atoms with Gasteiger partial charge in [0.1, 0.15) is 0 Å². The number of rotatable bonds is 6. The summed E-state index contributed by atoms with van der Waals surface area (Å²) in [6.07, 6.45) is 4.64. The van der Waals surface area contributed by atoms with Gasteiger partial charge < -0.3 is 4.98 Å². The maximum atomic E-state index is 11.5. The Morgan fingerprint density at radius 2 is 1.65 bits per heavy atom. The molecule has 1 heterocycles. The fourth-order valence-electron chi connectivity index (χ4n) is 2.51. The molecule has 2 heteroatoms. The molecule has 0 aliphatic heterocycles. The lowest BCUT2D eigenvalue weighted by atomic mass is 9.89. The first-order valence-corrected chi connectivity index (χ1v) is 6.83. The van der Waals surface area contributed by atoms with Gasteiger partial charge in [-0.3, -0.25) is 4.79 Å². The van der Waals surface area contributed by atoms with E-state index in [9.17, 15) is 4.79 Å². The van der Waals surface area contributed by atoms with Gasteiger partial charge in [-0.15, -0.1) is 0 Å². The van der Waals surface area contributed by atoms with Gasteiger partial charge in [-0.05, 0) is 30.2 Å². The van der Waals surface area contributed by atoms with Crippen LogP contribution in [0.3, 0.4) is 0 Å². The molecule has 1 aromatic heterocycles. The van der Waals surface area contributed by atoms with Crippen molar-refractivity contribution >= 4 is 0 Å². The van der Waals surface area contributed by atoms with Gasteiger partial charge in [0.05, 0.1) is 0 Å². The van der Waals surface area contributed by atoms with Crippen LogP contribution in [-0.4, -0.2) is 4.98 Å². The Labute approximate surface area is 104 Å². The molecule has 0 aliphatic rings. The minimum atomic E-state index is 0.0235. The molecule has 96 valence electrons. The molecule has 0 spiro atoms. The van der Waals surface area contributed by atoms with Gasteiger partial charge in [-0.2, -0.15) is 0 Å². The van der Waals surface area contributed by atoms with E-state index in [1.54, 1.807) is 6.07 Å². The Hall–Kier alpha value is -1.05. The number of aromatic nitrogens is 1. The molecular weight excluding hydrogens is 210 g/mol. The van der Waals surface area contributed by atoms with Crippen LogP contribution in [0.2, 0.25) is 0 Å². The van der Waals surface area contributed by atoms with Crippen molar-refractivity contribution in [2.45, 2.75) is 65.2 Å². The number of hydrogen-bond donors (Lipinski definition) is 1. The Balaban J connectivity index is 3.07. The molecule has 0 fully saturated rings. The van der Waals surface area contributed by atoms with E-state index in [4.69, 9.17) is 0 Å². The van der Waals surface area contributed by atoms with Gasteiger partial charge in [0.2, 0.25) is 5.56 Å². The first-order valence-electron chi connectivity index (χ1n) is 6.83. The van der Waals surface area contributed by atoms with Gasteiger partial charge in [0.15, 0.2) is 0 Å². The van der Waals surface area contributed by atoms with Gasteiger partial charge in [0, 0.05) is 11.8 Å². The molecule has 0 aliphatic carbocycles. The highest BCUT2D eigenvalue weighted by Crippen LogP contribution is 2.28. The molecule has 0 amide bonds. The van der Waals surface area contributed by atoms with Crippen molar-refractivity contribution in [3.8, 4) is 0 Å². The lowest BCUT2D eigenvalue weighted by Crippen LogP contribution is -2.14. The summed E-state index contributed by atoms with van der Waals surface area (Å²) in [5, 5.41) is 0. The molecule has 1 rings (SSSR count). The largest absolute Gasteiger partial charge is 0.326 e. The highest BCUT2D eigenvalue weighted by Gasteiger charge is 2.15. The van der Waals surface area contributed by atoms with Crippen molar-refractivity contribution in [1.29, 1.82) is 0 Å². The van der Waals surface area contributed by atoms with E-state index >= 15 is 0 Å². The predicted molar refractivity (Wildman–Crippen MR) is 73.7 cm³/mol. The van der Waals surface area contributed by atoms with E-state index in [-0.39, 0.29) is 5.56 Å². The molecule has 1 aromatic rings. The molecule has 2 atom stereocenters. The van der Waals surface area contributed by atoms with Crippen molar-refractivity contribution in [2.24, 2.45) is 0 Å². The third-order valence-electron chi connectivity index (χ3n) is 3.45. The second kappa shape index (κ2) is 6.63. The monoisotopic (exact) mass is 235 g/mol. The molecule has 2 unspecified atom stereocenters. The highest BCUT2D eigenvalue weighted by atomic mass is 16.1. The lowest BCUT2D eigenvalue weighted by Gasteiger charge is -2.19. The highest BCUT2D eigenvalue weighted by molar-refractivity contribution is 5.26. The standard InChI is InChI=1S/C15H25NO/c1-5-7-11(3)13-9-10-14(17)16-15(13)12(4)8-6-2/h9-12H,5-8H2,1-4H3,(H,16,17). The normalized spacial score (nSPS) is 14.6. The first kappa shape index (κ1) is 14.0. The fraction of sp³-hybridized carbons (Fsp3) is 0.667. The van der Waals surface area contributed by atoms with Crippen LogP contribution in [-0.2, 0) is 0 Å². The van der Waals surface area contributed by atoms with E-state index < -0.39 is 0 Å². The molecule has 0 saturated heterocycles. The summed E-state index contributed by atoms with van der Waals surface area (Å²) < 4.78 is 0. The Bertz CT molecular complexity index is 394. The minimum absolute atomic E-state index is 0.0235. The van der Waals surface area contributed by atoms with Crippen molar-refractivity contribution in [2.75, 3.05) is 0 Å². The molecule has 0 radical (unpaired) electrons. The summed E-state index contributed by atoms with van der Waals surface area (Å²) >= 11 is 0. The van der Waals surface area contributed by atoms with Crippen LogP contribution >= 0.6 is 0 Å². The van der Waals surface area contributed by atoms with Crippen LogP contribution in [0.1, 0.15) is 76.5 Å². The van der Waals surface area contributed by atoms with Gasteiger partial charge in [0.25, 0.3) is 0 Å². The predicted octanol–water partition coefficient (Wildman–Crippen LogP) is 4.18. The number of H-pyrrole nitrogens is 1. The SMILES string of the molecule is CCCC(C)c1ccc(=O)[nH]c1C(C)CCC. The molecular formula is C15H25NO. The van der Waals surface area contributed by atoms with E-state index in [1.807, 2.05) is 6.07 Å². The average Bonchev–Trinajstić information content (AvgIpc) is 2.29. The molecule has 17 heavy (non-hydrogen) atoms. The Morgan fingerprint density at radius 3 is 2.24 bits per heavy atom. The summed E-state index contributed by atoms with van der Waals surface area (Å²) in [6, 6.07) is 3.67. The van der Waals surface area contributed by atoms with E-state index in [2.05, 4.69) is 32.7 Å². The zero-order valence-corrected chi connectivity index (χ0v) is 11.5. The van der Waals surface area contributed by atoms with Crippen molar-refractivity contribution in [1.82, 2.24) is 4.98 Å². The maximum absolute atomic E-state index is 11.5. The van der Waals surface area contributed by atoms with Crippen LogP contribution in [0.25, 0.3) is 0 Å². The minimum Gasteiger partial charge on any atom is -0.326 e. The Kier molecular flexibility index (Phi) is 5.46. The topological polar surface area (TPSA) is 32.9 Å². The van der Waals surface area contributed by atoms with E-state index in [0.717, 1.165) is 18.5 Å². The third-order valence-corrected chi connectivity index (χ3v) is 3.45. The van der Waals surface area contributed by atoms with Crippen LogP contribution in [0.15, 0.2) is 16.9 Å².